The van der Waals surface area contributed by atoms with Gasteiger partial charge in [0, 0.05) is 49.7 Å². The molecule has 0 unspecified atom stereocenters. The van der Waals surface area contributed by atoms with Crippen molar-refractivity contribution in [3.63, 3.8) is 0 Å². The second-order valence-electron chi connectivity index (χ2n) is 8.37. The third kappa shape index (κ3) is 6.34. The van der Waals surface area contributed by atoms with Crippen LogP contribution in [-0.4, -0.2) is 80.1 Å². The molecule has 9 heteroatoms. The van der Waals surface area contributed by atoms with E-state index in [4.69, 9.17) is 26.4 Å². The number of aromatic amines is 1. The molecule has 1 aliphatic rings. The topological polar surface area (TPSA) is 79.1 Å². The highest BCUT2D eigenvalue weighted by molar-refractivity contribution is 7.80. The van der Waals surface area contributed by atoms with Crippen molar-refractivity contribution in [2.24, 2.45) is 5.92 Å². The van der Waals surface area contributed by atoms with Gasteiger partial charge >= 0.3 is 0 Å². The van der Waals surface area contributed by atoms with Crippen molar-refractivity contribution in [2.45, 2.75) is 20.4 Å². The van der Waals surface area contributed by atoms with Crippen molar-refractivity contribution in [2.75, 3.05) is 60.2 Å². The Morgan fingerprint density at radius 2 is 1.91 bits per heavy atom. The number of nitrogens with zero attached hydrogens (tertiary/aromatic N) is 2. The van der Waals surface area contributed by atoms with E-state index in [1.54, 1.807) is 20.3 Å². The van der Waals surface area contributed by atoms with Gasteiger partial charge in [0.2, 0.25) is 0 Å². The Morgan fingerprint density at radius 3 is 2.56 bits per heavy atom. The van der Waals surface area contributed by atoms with Crippen LogP contribution in [0.3, 0.4) is 0 Å². The summed E-state index contributed by atoms with van der Waals surface area (Å²) < 4.78 is 16.2. The summed E-state index contributed by atoms with van der Waals surface area (Å²) in [5, 5.41) is 4.89. The van der Waals surface area contributed by atoms with Crippen molar-refractivity contribution in [1.82, 2.24) is 20.1 Å². The molecular formula is C23H34N4O4S. The zero-order valence-electron chi connectivity index (χ0n) is 19.4. The number of benzene rings is 1. The monoisotopic (exact) mass is 462 g/mol. The molecule has 176 valence electrons. The molecule has 1 saturated heterocycles. The number of aromatic nitrogens is 1. The van der Waals surface area contributed by atoms with Crippen LogP contribution in [0, 0.1) is 5.92 Å². The third-order valence-electron chi connectivity index (χ3n) is 5.53. The van der Waals surface area contributed by atoms with E-state index < -0.39 is 0 Å². The zero-order chi connectivity index (χ0) is 23.1. The number of ether oxygens (including phenoxy) is 3. The molecule has 0 saturated carbocycles. The first-order valence-corrected chi connectivity index (χ1v) is 11.4. The number of H-pyrrole nitrogens is 1. The van der Waals surface area contributed by atoms with Crippen LogP contribution in [0.15, 0.2) is 23.0 Å². The lowest BCUT2D eigenvalue weighted by atomic mass is 10.1. The Balaban J connectivity index is 1.83. The van der Waals surface area contributed by atoms with E-state index in [-0.39, 0.29) is 5.56 Å². The van der Waals surface area contributed by atoms with E-state index in [0.29, 0.717) is 40.2 Å². The van der Waals surface area contributed by atoms with Crippen molar-refractivity contribution < 1.29 is 14.2 Å². The highest BCUT2D eigenvalue weighted by Crippen LogP contribution is 2.31. The lowest BCUT2D eigenvalue weighted by Crippen LogP contribution is -2.46. The first-order valence-electron chi connectivity index (χ1n) is 11.0. The summed E-state index contributed by atoms with van der Waals surface area (Å²) in [6.45, 7) is 10.4. The summed E-state index contributed by atoms with van der Waals surface area (Å²) in [5.74, 6) is 1.67. The third-order valence-corrected chi connectivity index (χ3v) is 5.93. The SMILES string of the molecule is COc1cc2cc(CN(CCN3CCOCC3)C(=S)NCC(C)C)c(=O)[nH]c2cc1OC. The molecule has 2 heterocycles. The normalized spacial score (nSPS) is 14.5. The number of pyridine rings is 1. The fourth-order valence-electron chi connectivity index (χ4n) is 3.64. The largest absolute Gasteiger partial charge is 0.493 e. The molecule has 0 spiro atoms. The summed E-state index contributed by atoms with van der Waals surface area (Å²) in [4.78, 5) is 20.3. The summed E-state index contributed by atoms with van der Waals surface area (Å²) in [7, 11) is 3.18. The van der Waals surface area contributed by atoms with Gasteiger partial charge in [0.15, 0.2) is 16.6 Å². The molecule has 0 aliphatic carbocycles. The summed E-state index contributed by atoms with van der Waals surface area (Å²) in [6.07, 6.45) is 0. The fraction of sp³-hybridized carbons (Fsp3) is 0.565. The molecule has 8 nitrogen and oxygen atoms in total. The van der Waals surface area contributed by atoms with Crippen molar-refractivity contribution in [1.29, 1.82) is 0 Å². The predicted molar refractivity (Wildman–Crippen MR) is 131 cm³/mol. The maximum Gasteiger partial charge on any atom is 0.253 e. The van der Waals surface area contributed by atoms with E-state index >= 15 is 0 Å². The van der Waals surface area contributed by atoms with Crippen LogP contribution in [-0.2, 0) is 11.3 Å². The van der Waals surface area contributed by atoms with Crippen LogP contribution < -0.4 is 20.3 Å². The van der Waals surface area contributed by atoms with Crippen molar-refractivity contribution in [3.8, 4) is 11.5 Å². The van der Waals surface area contributed by atoms with Gasteiger partial charge in [-0.2, -0.15) is 0 Å². The standard InChI is InChI=1S/C23H34N4O4S/c1-16(2)14-24-23(32)27(6-5-26-7-9-31-10-8-26)15-18-11-17-12-20(29-3)21(30-4)13-19(17)25-22(18)28/h11-13,16H,5-10,14-15H2,1-4H3,(H,24,32)(H,25,28). The van der Waals surface area contributed by atoms with Gasteiger partial charge in [-0.1, -0.05) is 13.8 Å². The highest BCUT2D eigenvalue weighted by Gasteiger charge is 2.17. The maximum absolute atomic E-state index is 12.9. The van der Waals surface area contributed by atoms with Gasteiger partial charge in [0.05, 0.1) is 39.5 Å². The van der Waals surface area contributed by atoms with Crippen LogP contribution >= 0.6 is 12.2 Å². The summed E-state index contributed by atoms with van der Waals surface area (Å²) in [5.41, 5.74) is 1.23. The number of nitrogens with one attached hydrogen (secondary N) is 2. The highest BCUT2D eigenvalue weighted by atomic mass is 32.1. The molecule has 1 aliphatic heterocycles. The van der Waals surface area contributed by atoms with Crippen molar-refractivity contribution >= 4 is 28.2 Å². The van der Waals surface area contributed by atoms with Crippen LogP contribution in [0.2, 0.25) is 0 Å². The number of thiocarbonyl (C=S) groups is 1. The predicted octanol–water partition coefficient (Wildman–Crippen LogP) is 2.21. The Hall–Kier alpha value is -2.36. The average molecular weight is 463 g/mol. The van der Waals surface area contributed by atoms with Gasteiger partial charge in [0.1, 0.15) is 0 Å². The fourth-order valence-corrected chi connectivity index (χ4v) is 3.88. The second kappa shape index (κ2) is 11.5. The Labute approximate surface area is 194 Å². The molecule has 0 amide bonds. The van der Waals surface area contributed by atoms with E-state index in [1.165, 1.54) is 0 Å². The second-order valence-corrected chi connectivity index (χ2v) is 8.76. The van der Waals surface area contributed by atoms with Gasteiger partial charge in [-0.05, 0) is 30.3 Å². The van der Waals surface area contributed by atoms with Crippen LogP contribution in [0.5, 0.6) is 11.5 Å². The Bertz CT molecular complexity index is 972. The number of rotatable bonds is 9. The smallest absolute Gasteiger partial charge is 0.253 e. The first-order chi connectivity index (χ1) is 15.4. The minimum Gasteiger partial charge on any atom is -0.493 e. The lowest BCUT2D eigenvalue weighted by molar-refractivity contribution is 0.0357. The van der Waals surface area contributed by atoms with Gasteiger partial charge in [-0.15, -0.1) is 0 Å². The minimum atomic E-state index is -0.132. The number of morpholine rings is 1. The first kappa shape index (κ1) is 24.3. The molecule has 0 bridgehead atoms. The van der Waals surface area contributed by atoms with E-state index in [9.17, 15) is 4.79 Å². The van der Waals surface area contributed by atoms with E-state index in [0.717, 1.165) is 51.3 Å². The number of fused-ring (bicyclic) bond motifs is 1. The molecule has 1 fully saturated rings. The molecule has 1 aromatic carbocycles. The molecule has 0 atom stereocenters. The minimum absolute atomic E-state index is 0.132. The van der Waals surface area contributed by atoms with Gasteiger partial charge in [-0.25, -0.2) is 0 Å². The van der Waals surface area contributed by atoms with Gasteiger partial charge in [-0.3, -0.25) is 9.69 Å². The summed E-state index contributed by atoms with van der Waals surface area (Å²) >= 11 is 5.69. The summed E-state index contributed by atoms with van der Waals surface area (Å²) in [6, 6.07) is 5.56. The molecule has 3 rings (SSSR count). The zero-order valence-corrected chi connectivity index (χ0v) is 20.2. The number of hydrogen-bond acceptors (Lipinski definition) is 6. The molecule has 1 aromatic heterocycles. The Kier molecular flexibility index (Phi) is 8.72. The average Bonchev–Trinajstić information content (AvgIpc) is 2.80. The molecule has 2 aromatic rings. The molecule has 2 N–H and O–H groups in total. The van der Waals surface area contributed by atoms with Crippen molar-refractivity contribution in [3.05, 3.63) is 34.1 Å². The van der Waals surface area contributed by atoms with E-state index in [2.05, 4.69) is 33.9 Å². The molecular weight excluding hydrogens is 428 g/mol. The number of hydrogen-bond donors (Lipinski definition) is 2. The lowest BCUT2D eigenvalue weighted by Gasteiger charge is -2.31. The molecule has 32 heavy (non-hydrogen) atoms. The maximum atomic E-state index is 12.9. The van der Waals surface area contributed by atoms with E-state index in [1.807, 2.05) is 12.1 Å². The Morgan fingerprint density at radius 1 is 1.22 bits per heavy atom. The van der Waals surface area contributed by atoms with Crippen LogP contribution in [0.25, 0.3) is 10.9 Å². The van der Waals surface area contributed by atoms with Crippen LogP contribution in [0.1, 0.15) is 19.4 Å². The number of methoxy groups -OCH3 is 2. The van der Waals surface area contributed by atoms with Gasteiger partial charge < -0.3 is 29.4 Å². The van der Waals surface area contributed by atoms with Crippen LogP contribution in [0.4, 0.5) is 0 Å². The quantitative estimate of drug-likeness (QED) is 0.549. The van der Waals surface area contributed by atoms with Gasteiger partial charge in [0.25, 0.3) is 5.56 Å². The molecule has 0 radical (unpaired) electrons.